The number of carbonyl (C=O) groups is 2. The zero-order chi connectivity index (χ0) is 17.0. The normalized spacial score (nSPS) is 11.8. The molecule has 0 aliphatic carbocycles. The predicted octanol–water partition coefficient (Wildman–Crippen LogP) is 3.40. The molecule has 0 saturated carbocycles. The maximum absolute atomic E-state index is 11.5. The Balaban J connectivity index is 2.10. The van der Waals surface area contributed by atoms with Crippen LogP contribution in [0, 0.1) is 0 Å². The van der Waals surface area contributed by atoms with Crippen LogP contribution in [0.3, 0.4) is 0 Å². The number of hydrogen-bond acceptors (Lipinski definition) is 3. The summed E-state index contributed by atoms with van der Waals surface area (Å²) in [6, 6.07) is 7.34. The fourth-order valence-electron chi connectivity index (χ4n) is 2.14. The average Bonchev–Trinajstić information content (AvgIpc) is 2.81. The lowest BCUT2D eigenvalue weighted by atomic mass is 10.1. The van der Waals surface area contributed by atoms with Crippen LogP contribution < -0.4 is 5.32 Å². The van der Waals surface area contributed by atoms with E-state index in [-0.39, 0.29) is 12.2 Å². The van der Waals surface area contributed by atoms with E-state index < -0.39 is 17.7 Å². The molecular formula is C17H20N2O4. The number of aromatic amines is 1. The summed E-state index contributed by atoms with van der Waals surface area (Å²) in [6.07, 6.45) is 2.85. The molecule has 0 atom stereocenters. The van der Waals surface area contributed by atoms with Gasteiger partial charge in [-0.3, -0.25) is 0 Å². The number of carbonyl (C=O) groups excluding carboxylic acids is 1. The highest BCUT2D eigenvalue weighted by molar-refractivity contribution is 6.01. The minimum absolute atomic E-state index is 0.125. The Bertz CT molecular complexity index is 754. The Kier molecular flexibility index (Phi) is 4.74. The van der Waals surface area contributed by atoms with Crippen LogP contribution in [-0.2, 0) is 4.74 Å². The summed E-state index contributed by atoms with van der Waals surface area (Å²) < 4.78 is 5.12. The SMILES string of the molecule is CC(C)(C)OC(=O)NCC=Cc1c(C(=O)O)[nH]c2ccccc12. The molecule has 1 amide bonds. The van der Waals surface area contributed by atoms with Gasteiger partial charge in [-0.15, -0.1) is 0 Å². The summed E-state index contributed by atoms with van der Waals surface area (Å²) in [7, 11) is 0. The highest BCUT2D eigenvalue weighted by atomic mass is 16.6. The zero-order valence-corrected chi connectivity index (χ0v) is 13.3. The van der Waals surface area contributed by atoms with Crippen LogP contribution in [0.2, 0.25) is 0 Å². The predicted molar refractivity (Wildman–Crippen MR) is 88.5 cm³/mol. The first-order valence-electron chi connectivity index (χ1n) is 7.25. The van der Waals surface area contributed by atoms with Gasteiger partial charge in [-0.25, -0.2) is 9.59 Å². The van der Waals surface area contributed by atoms with E-state index in [0.29, 0.717) is 5.56 Å². The standard InChI is InChI=1S/C17H20N2O4/c1-17(2,3)23-16(22)18-10-6-8-12-11-7-4-5-9-13(11)19-14(12)15(20)21/h4-9,19H,10H2,1-3H3,(H,18,22)(H,20,21). The van der Waals surface area contributed by atoms with E-state index in [1.54, 1.807) is 32.9 Å². The molecule has 0 aliphatic rings. The smallest absolute Gasteiger partial charge is 0.407 e. The van der Waals surface area contributed by atoms with Crippen molar-refractivity contribution in [3.8, 4) is 0 Å². The van der Waals surface area contributed by atoms with Crippen LogP contribution in [0.1, 0.15) is 36.8 Å². The topological polar surface area (TPSA) is 91.4 Å². The van der Waals surface area contributed by atoms with E-state index >= 15 is 0 Å². The second-order valence-corrected chi connectivity index (χ2v) is 6.05. The van der Waals surface area contributed by atoms with Crippen LogP contribution in [0.25, 0.3) is 17.0 Å². The van der Waals surface area contributed by atoms with Gasteiger partial charge in [-0.1, -0.05) is 30.4 Å². The molecule has 122 valence electrons. The minimum atomic E-state index is -1.03. The summed E-state index contributed by atoms with van der Waals surface area (Å²) in [5.41, 5.74) is 0.907. The third-order valence-electron chi connectivity index (χ3n) is 3.01. The van der Waals surface area contributed by atoms with Gasteiger partial charge in [0, 0.05) is 23.0 Å². The van der Waals surface area contributed by atoms with Crippen molar-refractivity contribution in [2.24, 2.45) is 0 Å². The first-order chi connectivity index (χ1) is 10.8. The largest absolute Gasteiger partial charge is 0.477 e. The van der Waals surface area contributed by atoms with E-state index in [2.05, 4.69) is 10.3 Å². The number of hydrogen-bond donors (Lipinski definition) is 3. The number of H-pyrrole nitrogens is 1. The number of carboxylic acid groups (broad SMARTS) is 1. The number of aromatic nitrogens is 1. The molecule has 3 N–H and O–H groups in total. The first-order valence-corrected chi connectivity index (χ1v) is 7.25. The van der Waals surface area contributed by atoms with Crippen LogP contribution >= 0.6 is 0 Å². The molecule has 0 bridgehead atoms. The van der Waals surface area contributed by atoms with Crippen molar-refractivity contribution < 1.29 is 19.4 Å². The lowest BCUT2D eigenvalue weighted by molar-refractivity contribution is 0.0533. The number of ether oxygens (including phenoxy) is 1. The molecule has 6 nitrogen and oxygen atoms in total. The van der Waals surface area contributed by atoms with Crippen molar-refractivity contribution in [3.63, 3.8) is 0 Å². The van der Waals surface area contributed by atoms with Crippen LogP contribution in [0.4, 0.5) is 4.79 Å². The third kappa shape index (κ3) is 4.35. The van der Waals surface area contributed by atoms with Gasteiger partial charge < -0.3 is 20.1 Å². The van der Waals surface area contributed by atoms with Crippen molar-refractivity contribution >= 4 is 29.0 Å². The highest BCUT2D eigenvalue weighted by Gasteiger charge is 2.16. The Hall–Kier alpha value is -2.76. The van der Waals surface area contributed by atoms with Crippen LogP contribution in [-0.4, -0.2) is 34.3 Å². The van der Waals surface area contributed by atoms with Gasteiger partial charge in [0.25, 0.3) is 0 Å². The monoisotopic (exact) mass is 316 g/mol. The molecule has 2 aromatic rings. The van der Waals surface area contributed by atoms with Crippen molar-refractivity contribution in [3.05, 3.63) is 41.6 Å². The van der Waals surface area contributed by atoms with Crippen LogP contribution in [0.15, 0.2) is 30.3 Å². The maximum Gasteiger partial charge on any atom is 0.407 e. The number of fused-ring (bicyclic) bond motifs is 1. The van der Waals surface area contributed by atoms with Gasteiger partial charge in [0.15, 0.2) is 0 Å². The second-order valence-electron chi connectivity index (χ2n) is 6.05. The number of amides is 1. The van der Waals surface area contributed by atoms with E-state index in [4.69, 9.17) is 4.74 Å². The van der Waals surface area contributed by atoms with E-state index in [1.165, 1.54) is 0 Å². The van der Waals surface area contributed by atoms with Gasteiger partial charge in [-0.05, 0) is 26.8 Å². The average molecular weight is 316 g/mol. The third-order valence-corrected chi connectivity index (χ3v) is 3.01. The summed E-state index contributed by atoms with van der Waals surface area (Å²) in [5.74, 6) is -1.03. The van der Waals surface area contributed by atoms with Gasteiger partial charge in [-0.2, -0.15) is 0 Å². The molecule has 0 fully saturated rings. The van der Waals surface area contributed by atoms with Gasteiger partial charge in [0.05, 0.1) is 0 Å². The Morgan fingerprint density at radius 1 is 1.30 bits per heavy atom. The molecule has 1 aromatic carbocycles. The molecule has 23 heavy (non-hydrogen) atoms. The van der Waals surface area contributed by atoms with Gasteiger partial charge in [0.1, 0.15) is 11.3 Å². The van der Waals surface area contributed by atoms with Crippen LogP contribution in [0.5, 0.6) is 0 Å². The van der Waals surface area contributed by atoms with E-state index in [0.717, 1.165) is 10.9 Å². The maximum atomic E-state index is 11.5. The number of carboxylic acids is 1. The van der Waals surface area contributed by atoms with E-state index in [9.17, 15) is 14.7 Å². The lowest BCUT2D eigenvalue weighted by Gasteiger charge is -2.19. The number of aromatic carboxylic acids is 1. The van der Waals surface area contributed by atoms with Gasteiger partial charge >= 0.3 is 12.1 Å². The Morgan fingerprint density at radius 2 is 2.00 bits per heavy atom. The van der Waals surface area contributed by atoms with Gasteiger partial charge in [0.2, 0.25) is 0 Å². The zero-order valence-electron chi connectivity index (χ0n) is 13.3. The number of rotatable bonds is 4. The minimum Gasteiger partial charge on any atom is -0.477 e. The number of para-hydroxylation sites is 1. The van der Waals surface area contributed by atoms with Crippen molar-refractivity contribution in [2.45, 2.75) is 26.4 Å². The summed E-state index contributed by atoms with van der Waals surface area (Å²) in [6.45, 7) is 5.60. The Morgan fingerprint density at radius 3 is 2.65 bits per heavy atom. The molecule has 2 rings (SSSR count). The molecule has 0 aliphatic heterocycles. The fraction of sp³-hybridized carbons (Fsp3) is 0.294. The van der Waals surface area contributed by atoms with Crippen molar-refractivity contribution in [1.82, 2.24) is 10.3 Å². The summed E-state index contributed by atoms with van der Waals surface area (Å²) in [4.78, 5) is 25.8. The molecule has 0 spiro atoms. The number of benzene rings is 1. The molecule has 6 heteroatoms. The first kappa shape index (κ1) is 16.6. The Labute approximate surface area is 134 Å². The molecule has 1 aromatic heterocycles. The lowest BCUT2D eigenvalue weighted by Crippen LogP contribution is -2.32. The van der Waals surface area contributed by atoms with E-state index in [1.807, 2.05) is 24.3 Å². The molecular weight excluding hydrogens is 296 g/mol. The summed E-state index contributed by atoms with van der Waals surface area (Å²) >= 11 is 0. The second kappa shape index (κ2) is 6.56. The fourth-order valence-corrected chi connectivity index (χ4v) is 2.14. The van der Waals surface area contributed by atoms with Crippen molar-refractivity contribution in [2.75, 3.05) is 6.54 Å². The molecule has 0 saturated heterocycles. The summed E-state index contributed by atoms with van der Waals surface area (Å²) in [5, 5.41) is 12.7. The molecule has 0 unspecified atom stereocenters. The quantitative estimate of drug-likeness (QED) is 0.806. The molecule has 0 radical (unpaired) electrons. The molecule has 1 heterocycles. The number of alkyl carbamates (subject to hydrolysis) is 1. The highest BCUT2D eigenvalue weighted by Crippen LogP contribution is 2.23. The van der Waals surface area contributed by atoms with Crippen molar-refractivity contribution in [1.29, 1.82) is 0 Å². The number of nitrogens with one attached hydrogen (secondary N) is 2.